The van der Waals surface area contributed by atoms with Gasteiger partial charge < -0.3 is 15.8 Å². The van der Waals surface area contributed by atoms with Crippen LogP contribution in [0.2, 0.25) is 0 Å². The molecule has 0 radical (unpaired) electrons. The highest BCUT2D eigenvalue weighted by Crippen LogP contribution is 2.34. The van der Waals surface area contributed by atoms with Crippen molar-refractivity contribution in [1.29, 1.82) is 0 Å². The molecule has 3 N–H and O–H groups in total. The Balaban J connectivity index is 1.49. The molecule has 1 saturated heterocycles. The number of carbonyl (C=O) groups is 1. The van der Waals surface area contributed by atoms with Crippen LogP contribution < -0.4 is 11.1 Å². The molecule has 1 heterocycles. The number of hydrogen-bond acceptors (Lipinski definition) is 3. The van der Waals surface area contributed by atoms with E-state index in [1.807, 2.05) is 6.07 Å². The maximum atomic E-state index is 12.3. The lowest BCUT2D eigenvalue weighted by molar-refractivity contribution is -0.130. The molecule has 1 aromatic rings. The standard InChI is InChI=1S/C16H22N2O2/c17-16(6-8-20-9-7-16)15(19)18-14-11-13(14)10-12-4-2-1-3-5-12/h1-5,13-14H,6-11,17H2,(H,18,19). The molecule has 0 bridgehead atoms. The van der Waals surface area contributed by atoms with Gasteiger partial charge in [-0.25, -0.2) is 0 Å². The molecule has 0 aromatic heterocycles. The van der Waals surface area contributed by atoms with Crippen LogP contribution in [0.25, 0.3) is 0 Å². The summed E-state index contributed by atoms with van der Waals surface area (Å²) in [7, 11) is 0. The van der Waals surface area contributed by atoms with E-state index in [4.69, 9.17) is 10.5 Å². The number of benzene rings is 1. The summed E-state index contributed by atoms with van der Waals surface area (Å²) in [4.78, 5) is 12.3. The first-order valence-corrected chi connectivity index (χ1v) is 7.39. The summed E-state index contributed by atoms with van der Waals surface area (Å²) >= 11 is 0. The summed E-state index contributed by atoms with van der Waals surface area (Å²) < 4.78 is 5.28. The normalized spacial score (nSPS) is 27.9. The lowest BCUT2D eigenvalue weighted by Crippen LogP contribution is -2.57. The van der Waals surface area contributed by atoms with Crippen LogP contribution in [0.1, 0.15) is 24.8 Å². The minimum absolute atomic E-state index is 0.00126. The summed E-state index contributed by atoms with van der Waals surface area (Å²) in [6, 6.07) is 10.7. The predicted molar refractivity (Wildman–Crippen MR) is 77.2 cm³/mol. The van der Waals surface area contributed by atoms with Crippen LogP contribution in [0, 0.1) is 5.92 Å². The first-order valence-electron chi connectivity index (χ1n) is 7.39. The lowest BCUT2D eigenvalue weighted by Gasteiger charge is -2.31. The average molecular weight is 274 g/mol. The molecule has 1 aliphatic carbocycles. The second-order valence-electron chi connectivity index (χ2n) is 6.03. The van der Waals surface area contributed by atoms with Gasteiger partial charge in [-0.05, 0) is 37.2 Å². The van der Waals surface area contributed by atoms with E-state index in [0.717, 1.165) is 12.8 Å². The Bertz CT molecular complexity index is 469. The van der Waals surface area contributed by atoms with Gasteiger partial charge >= 0.3 is 0 Å². The fraction of sp³-hybridized carbons (Fsp3) is 0.562. The van der Waals surface area contributed by atoms with Gasteiger partial charge in [-0.2, -0.15) is 0 Å². The van der Waals surface area contributed by atoms with Crippen molar-refractivity contribution in [3.8, 4) is 0 Å². The van der Waals surface area contributed by atoms with Gasteiger partial charge in [-0.3, -0.25) is 4.79 Å². The Kier molecular flexibility index (Phi) is 3.76. The van der Waals surface area contributed by atoms with Gasteiger partial charge in [0.05, 0.1) is 5.54 Å². The van der Waals surface area contributed by atoms with Crippen molar-refractivity contribution in [2.75, 3.05) is 13.2 Å². The molecule has 4 heteroatoms. The molecule has 20 heavy (non-hydrogen) atoms. The fourth-order valence-corrected chi connectivity index (χ4v) is 2.84. The van der Waals surface area contributed by atoms with E-state index in [1.54, 1.807) is 0 Å². The van der Waals surface area contributed by atoms with E-state index in [-0.39, 0.29) is 5.91 Å². The summed E-state index contributed by atoms with van der Waals surface area (Å²) in [6.07, 6.45) is 3.34. The summed E-state index contributed by atoms with van der Waals surface area (Å²) in [5.74, 6) is 0.561. The van der Waals surface area contributed by atoms with Gasteiger partial charge in [0.2, 0.25) is 5.91 Å². The van der Waals surface area contributed by atoms with E-state index in [2.05, 4.69) is 29.6 Å². The van der Waals surface area contributed by atoms with Crippen molar-refractivity contribution in [2.24, 2.45) is 11.7 Å². The highest BCUT2D eigenvalue weighted by Gasteiger charge is 2.43. The minimum atomic E-state index is -0.724. The largest absolute Gasteiger partial charge is 0.381 e. The number of amides is 1. The van der Waals surface area contributed by atoms with Crippen molar-refractivity contribution >= 4 is 5.91 Å². The molecule has 1 amide bonds. The van der Waals surface area contributed by atoms with Gasteiger partial charge in [-0.1, -0.05) is 30.3 Å². The SMILES string of the molecule is NC1(C(=O)NC2CC2Cc2ccccc2)CCOCC1. The Morgan fingerprint density at radius 3 is 2.70 bits per heavy atom. The maximum Gasteiger partial charge on any atom is 0.240 e. The Hall–Kier alpha value is -1.39. The third-order valence-corrected chi connectivity index (χ3v) is 4.42. The molecule has 0 spiro atoms. The predicted octanol–water partition coefficient (Wildman–Crippen LogP) is 1.24. The molecule has 2 unspecified atom stereocenters. The molecule has 1 aliphatic heterocycles. The van der Waals surface area contributed by atoms with Crippen LogP contribution in [0.3, 0.4) is 0 Å². The van der Waals surface area contributed by atoms with Crippen molar-refractivity contribution in [3.63, 3.8) is 0 Å². The number of nitrogens with two attached hydrogens (primary N) is 1. The first-order chi connectivity index (χ1) is 9.67. The van der Waals surface area contributed by atoms with Gasteiger partial charge in [0.15, 0.2) is 0 Å². The molecule has 1 aromatic carbocycles. The van der Waals surface area contributed by atoms with Crippen molar-refractivity contribution in [1.82, 2.24) is 5.32 Å². The van der Waals surface area contributed by atoms with Crippen LogP contribution in [-0.4, -0.2) is 30.7 Å². The Morgan fingerprint density at radius 1 is 1.30 bits per heavy atom. The number of nitrogens with one attached hydrogen (secondary N) is 1. The zero-order chi connectivity index (χ0) is 14.0. The maximum absolute atomic E-state index is 12.3. The van der Waals surface area contributed by atoms with Crippen LogP contribution >= 0.6 is 0 Å². The third-order valence-electron chi connectivity index (χ3n) is 4.42. The Labute approximate surface area is 119 Å². The van der Waals surface area contributed by atoms with E-state index in [1.165, 1.54) is 5.56 Å². The van der Waals surface area contributed by atoms with Crippen LogP contribution in [-0.2, 0) is 16.0 Å². The fourth-order valence-electron chi connectivity index (χ4n) is 2.84. The number of hydrogen-bond donors (Lipinski definition) is 2. The van der Waals surface area contributed by atoms with Gasteiger partial charge in [0, 0.05) is 19.3 Å². The average Bonchev–Trinajstić information content (AvgIpc) is 3.18. The highest BCUT2D eigenvalue weighted by atomic mass is 16.5. The molecule has 2 aliphatic rings. The topological polar surface area (TPSA) is 64.4 Å². The van der Waals surface area contributed by atoms with Crippen LogP contribution in [0.5, 0.6) is 0 Å². The number of ether oxygens (including phenoxy) is 1. The van der Waals surface area contributed by atoms with Gasteiger partial charge in [0.25, 0.3) is 0 Å². The molecule has 108 valence electrons. The molecule has 3 rings (SSSR count). The lowest BCUT2D eigenvalue weighted by atomic mass is 9.90. The van der Waals surface area contributed by atoms with Crippen LogP contribution in [0.4, 0.5) is 0 Å². The quantitative estimate of drug-likeness (QED) is 0.868. The van der Waals surface area contributed by atoms with Crippen molar-refractivity contribution in [3.05, 3.63) is 35.9 Å². The van der Waals surface area contributed by atoms with E-state index < -0.39 is 5.54 Å². The Morgan fingerprint density at radius 2 is 2.00 bits per heavy atom. The second kappa shape index (κ2) is 5.54. The summed E-state index contributed by atoms with van der Waals surface area (Å²) in [6.45, 7) is 1.17. The summed E-state index contributed by atoms with van der Waals surface area (Å²) in [5.41, 5.74) is 6.80. The second-order valence-corrected chi connectivity index (χ2v) is 6.03. The molecular formula is C16H22N2O2. The molecule has 2 atom stereocenters. The molecule has 4 nitrogen and oxygen atoms in total. The van der Waals surface area contributed by atoms with Crippen LogP contribution in [0.15, 0.2) is 30.3 Å². The molecule has 2 fully saturated rings. The zero-order valence-electron chi connectivity index (χ0n) is 11.7. The highest BCUT2D eigenvalue weighted by molar-refractivity contribution is 5.86. The molecular weight excluding hydrogens is 252 g/mol. The minimum Gasteiger partial charge on any atom is -0.381 e. The van der Waals surface area contributed by atoms with E-state index >= 15 is 0 Å². The molecule has 1 saturated carbocycles. The number of carbonyl (C=O) groups excluding carboxylic acids is 1. The van der Waals surface area contributed by atoms with E-state index in [0.29, 0.717) is 38.0 Å². The van der Waals surface area contributed by atoms with Gasteiger partial charge in [-0.15, -0.1) is 0 Å². The van der Waals surface area contributed by atoms with Gasteiger partial charge in [0.1, 0.15) is 0 Å². The monoisotopic (exact) mass is 274 g/mol. The zero-order valence-corrected chi connectivity index (χ0v) is 11.7. The van der Waals surface area contributed by atoms with Crippen molar-refractivity contribution < 1.29 is 9.53 Å². The third kappa shape index (κ3) is 3.02. The van der Waals surface area contributed by atoms with E-state index in [9.17, 15) is 4.79 Å². The summed E-state index contributed by atoms with van der Waals surface area (Å²) in [5, 5.41) is 3.11. The number of rotatable bonds is 4. The first kappa shape index (κ1) is 13.6. The smallest absolute Gasteiger partial charge is 0.240 e. The van der Waals surface area contributed by atoms with Crippen molar-refractivity contribution in [2.45, 2.75) is 37.3 Å².